The molecular weight excluding hydrogens is 222 g/mol. The normalized spacial score (nSPS) is 11.1. The van der Waals surface area contributed by atoms with Gasteiger partial charge in [-0.25, -0.2) is 0 Å². The molecule has 6 heteroatoms. The van der Waals surface area contributed by atoms with Gasteiger partial charge in [0, 0.05) is 12.5 Å². The summed E-state index contributed by atoms with van der Waals surface area (Å²) < 4.78 is 5.05. The first-order valence-electron chi connectivity index (χ1n) is 5.40. The van der Waals surface area contributed by atoms with Crippen LogP contribution in [0.4, 0.5) is 0 Å². The van der Waals surface area contributed by atoms with Crippen molar-refractivity contribution in [3.8, 4) is 0 Å². The molecule has 0 saturated carbocycles. The number of hydrogen-bond acceptors (Lipinski definition) is 5. The molecule has 17 heavy (non-hydrogen) atoms. The second-order valence-corrected chi connectivity index (χ2v) is 4.05. The van der Waals surface area contributed by atoms with Gasteiger partial charge in [-0.2, -0.15) is 4.98 Å². The van der Waals surface area contributed by atoms with Crippen LogP contribution in [0.3, 0.4) is 0 Å². The second kappa shape index (κ2) is 6.15. The first kappa shape index (κ1) is 13.4. The summed E-state index contributed by atoms with van der Waals surface area (Å²) in [5.41, 5.74) is 0. The molecule has 0 atom stereocenters. The van der Waals surface area contributed by atoms with E-state index in [0.717, 1.165) is 0 Å². The van der Waals surface area contributed by atoms with Crippen molar-refractivity contribution in [1.29, 1.82) is 0 Å². The van der Waals surface area contributed by atoms with Gasteiger partial charge in [0.15, 0.2) is 5.82 Å². The number of aromatic nitrogens is 2. The highest BCUT2D eigenvalue weighted by molar-refractivity contribution is 5.69. The Kier molecular flexibility index (Phi) is 4.84. The lowest BCUT2D eigenvalue weighted by Gasteiger charge is -2.15. The minimum atomic E-state index is -0.893. The Morgan fingerprint density at radius 1 is 1.65 bits per heavy atom. The van der Waals surface area contributed by atoms with E-state index in [4.69, 9.17) is 9.63 Å². The number of rotatable bonds is 7. The van der Waals surface area contributed by atoms with Crippen LogP contribution in [0.2, 0.25) is 0 Å². The summed E-state index contributed by atoms with van der Waals surface area (Å²) in [6.07, 6.45) is 1.64. The largest absolute Gasteiger partial charge is 0.480 e. The molecule has 1 aromatic rings. The average molecular weight is 239 g/mol. The van der Waals surface area contributed by atoms with Crippen LogP contribution in [0.5, 0.6) is 0 Å². The third kappa shape index (κ3) is 4.36. The highest BCUT2D eigenvalue weighted by Gasteiger charge is 2.14. The molecule has 0 aromatic carbocycles. The predicted octanol–water partition coefficient (Wildman–Crippen LogP) is 1.27. The molecule has 0 spiro atoms. The van der Waals surface area contributed by atoms with E-state index in [0.29, 0.717) is 24.8 Å². The van der Waals surface area contributed by atoms with E-state index in [9.17, 15) is 4.79 Å². The number of carboxylic acid groups (broad SMARTS) is 1. The van der Waals surface area contributed by atoms with Gasteiger partial charge in [0.25, 0.3) is 0 Å². The lowest BCUT2D eigenvalue weighted by Crippen LogP contribution is -2.29. The maximum Gasteiger partial charge on any atom is 0.317 e. The van der Waals surface area contributed by atoms with Crippen molar-refractivity contribution in [3.05, 3.63) is 24.4 Å². The zero-order chi connectivity index (χ0) is 12.8. The number of hydrogen-bond donors (Lipinski definition) is 1. The van der Waals surface area contributed by atoms with Gasteiger partial charge in [-0.05, 0) is 0 Å². The first-order chi connectivity index (χ1) is 8.02. The van der Waals surface area contributed by atoms with E-state index in [1.165, 1.54) is 0 Å². The molecule has 1 rings (SSSR count). The Morgan fingerprint density at radius 2 is 2.35 bits per heavy atom. The fourth-order valence-electron chi connectivity index (χ4n) is 1.32. The van der Waals surface area contributed by atoms with Crippen molar-refractivity contribution < 1.29 is 14.4 Å². The summed E-state index contributed by atoms with van der Waals surface area (Å²) in [6.45, 7) is 8.22. The fraction of sp³-hybridized carbons (Fsp3) is 0.545. The molecule has 0 radical (unpaired) electrons. The molecule has 0 unspecified atom stereocenters. The van der Waals surface area contributed by atoms with Gasteiger partial charge >= 0.3 is 5.97 Å². The molecule has 6 nitrogen and oxygen atoms in total. The van der Waals surface area contributed by atoms with Crippen molar-refractivity contribution in [2.45, 2.75) is 26.3 Å². The molecule has 0 bridgehead atoms. The molecule has 0 amide bonds. The van der Waals surface area contributed by atoms with Crippen LogP contribution in [0, 0.1) is 0 Å². The smallest absolute Gasteiger partial charge is 0.317 e. The van der Waals surface area contributed by atoms with E-state index < -0.39 is 5.97 Å². The van der Waals surface area contributed by atoms with Crippen molar-refractivity contribution >= 4 is 5.97 Å². The van der Waals surface area contributed by atoms with Crippen LogP contribution in [-0.2, 0) is 11.3 Å². The van der Waals surface area contributed by atoms with Gasteiger partial charge in [0.2, 0.25) is 5.89 Å². The number of carboxylic acids is 1. The molecule has 0 saturated heterocycles. The van der Waals surface area contributed by atoms with Gasteiger partial charge in [-0.1, -0.05) is 25.1 Å². The second-order valence-electron chi connectivity index (χ2n) is 4.05. The molecule has 1 aromatic heterocycles. The molecule has 0 aliphatic heterocycles. The maximum atomic E-state index is 10.6. The lowest BCUT2D eigenvalue weighted by molar-refractivity contribution is -0.138. The Hall–Kier alpha value is -1.69. The van der Waals surface area contributed by atoms with E-state index >= 15 is 0 Å². The molecular formula is C11H17N3O3. The van der Waals surface area contributed by atoms with Crippen molar-refractivity contribution in [2.75, 3.05) is 13.1 Å². The third-order valence-corrected chi connectivity index (χ3v) is 2.11. The topological polar surface area (TPSA) is 79.5 Å². The highest BCUT2D eigenvalue weighted by Crippen LogP contribution is 2.10. The van der Waals surface area contributed by atoms with Gasteiger partial charge < -0.3 is 9.63 Å². The van der Waals surface area contributed by atoms with Crippen molar-refractivity contribution in [1.82, 2.24) is 15.0 Å². The van der Waals surface area contributed by atoms with E-state index in [2.05, 4.69) is 16.7 Å². The first-order valence-corrected chi connectivity index (χ1v) is 5.40. The molecule has 0 fully saturated rings. The molecule has 1 heterocycles. The van der Waals surface area contributed by atoms with Crippen molar-refractivity contribution in [3.63, 3.8) is 0 Å². The zero-order valence-electron chi connectivity index (χ0n) is 10.1. The average Bonchev–Trinajstić information content (AvgIpc) is 2.65. The molecule has 0 aliphatic carbocycles. The fourth-order valence-corrected chi connectivity index (χ4v) is 1.32. The van der Waals surface area contributed by atoms with E-state index in [-0.39, 0.29) is 12.5 Å². The van der Waals surface area contributed by atoms with Crippen LogP contribution in [0.25, 0.3) is 0 Å². The van der Waals surface area contributed by atoms with E-state index in [1.54, 1.807) is 11.0 Å². The number of carbonyl (C=O) groups is 1. The molecule has 0 aliphatic rings. The Bertz CT molecular complexity index is 387. The van der Waals surface area contributed by atoms with Crippen LogP contribution in [-0.4, -0.2) is 39.2 Å². The maximum absolute atomic E-state index is 10.6. The number of aliphatic carboxylic acids is 1. The minimum Gasteiger partial charge on any atom is -0.480 e. The summed E-state index contributed by atoms with van der Waals surface area (Å²) in [5, 5.41) is 12.6. The summed E-state index contributed by atoms with van der Waals surface area (Å²) in [4.78, 5) is 16.5. The van der Waals surface area contributed by atoms with Crippen LogP contribution >= 0.6 is 0 Å². The predicted molar refractivity (Wildman–Crippen MR) is 61.5 cm³/mol. The quantitative estimate of drug-likeness (QED) is 0.722. The third-order valence-electron chi connectivity index (χ3n) is 2.11. The van der Waals surface area contributed by atoms with Gasteiger partial charge in [-0.15, -0.1) is 6.58 Å². The summed E-state index contributed by atoms with van der Waals surface area (Å²) in [5.74, 6) is 0.362. The minimum absolute atomic E-state index is 0.0780. The van der Waals surface area contributed by atoms with Gasteiger partial charge in [0.05, 0.1) is 13.1 Å². The number of nitrogens with zero attached hydrogens (tertiary/aromatic N) is 3. The van der Waals surface area contributed by atoms with Crippen LogP contribution in [0.15, 0.2) is 17.2 Å². The van der Waals surface area contributed by atoms with E-state index in [1.807, 2.05) is 13.8 Å². The zero-order valence-corrected chi connectivity index (χ0v) is 10.1. The van der Waals surface area contributed by atoms with Crippen molar-refractivity contribution in [2.24, 2.45) is 0 Å². The highest BCUT2D eigenvalue weighted by atomic mass is 16.5. The van der Waals surface area contributed by atoms with Crippen LogP contribution < -0.4 is 0 Å². The van der Waals surface area contributed by atoms with Gasteiger partial charge in [0.1, 0.15) is 0 Å². The Balaban J connectivity index is 2.64. The lowest BCUT2D eigenvalue weighted by atomic mass is 10.2. The monoisotopic (exact) mass is 239 g/mol. The SMILES string of the molecule is C=CCN(CC(=O)O)Cc1nc(C(C)C)no1. The molecule has 1 N–H and O–H groups in total. The van der Waals surface area contributed by atoms with Crippen LogP contribution in [0.1, 0.15) is 31.5 Å². The Labute approximate surface area is 99.9 Å². The summed E-state index contributed by atoms with van der Waals surface area (Å²) >= 11 is 0. The Morgan fingerprint density at radius 3 is 2.82 bits per heavy atom. The summed E-state index contributed by atoms with van der Waals surface area (Å²) in [7, 11) is 0. The summed E-state index contributed by atoms with van der Waals surface area (Å²) in [6, 6.07) is 0. The van der Waals surface area contributed by atoms with Gasteiger partial charge in [-0.3, -0.25) is 9.69 Å². The molecule has 94 valence electrons. The standard InChI is InChI=1S/C11H17N3O3/c1-4-5-14(7-10(15)16)6-9-12-11(8(2)3)13-17-9/h4,8H,1,5-7H2,2-3H3,(H,15,16).